The maximum absolute atomic E-state index is 13.4. The summed E-state index contributed by atoms with van der Waals surface area (Å²) in [7, 11) is -3.50. The first-order chi connectivity index (χ1) is 30.4. The first-order valence-electron chi connectivity index (χ1n) is 21.8. The molecule has 4 aliphatic heterocycles. The summed E-state index contributed by atoms with van der Waals surface area (Å²) in [4.78, 5) is 70.4. The fraction of sp³-hybridized carbons (Fsp3) is 0.465. The number of benzene rings is 1. The van der Waals surface area contributed by atoms with E-state index >= 15 is 0 Å². The van der Waals surface area contributed by atoms with Crippen molar-refractivity contribution in [1.29, 1.82) is 0 Å². The number of amides is 4. The van der Waals surface area contributed by atoms with Crippen LogP contribution in [0.2, 0.25) is 0 Å². The zero-order valence-electron chi connectivity index (χ0n) is 35.1. The number of piperidine rings is 3. The van der Waals surface area contributed by atoms with E-state index in [-0.39, 0.29) is 41.3 Å². The van der Waals surface area contributed by atoms with Crippen LogP contribution in [0, 0.1) is 5.92 Å². The predicted octanol–water partition coefficient (Wildman–Crippen LogP) is 3.94. The molecule has 1 saturated carbocycles. The molecule has 19 nitrogen and oxygen atoms in total. The summed E-state index contributed by atoms with van der Waals surface area (Å²) in [6.45, 7) is 8.86. The highest BCUT2D eigenvalue weighted by Gasteiger charge is 2.45. The lowest BCUT2D eigenvalue weighted by atomic mass is 9.94. The van der Waals surface area contributed by atoms with Gasteiger partial charge in [0.25, 0.3) is 21.8 Å². The first-order valence-corrected chi connectivity index (χ1v) is 23.3. The second kappa shape index (κ2) is 16.1. The van der Waals surface area contributed by atoms with Crippen LogP contribution in [0.15, 0.2) is 55.1 Å². The fourth-order valence-electron chi connectivity index (χ4n) is 9.32. The van der Waals surface area contributed by atoms with E-state index in [1.165, 1.54) is 12.4 Å². The highest BCUT2D eigenvalue weighted by molar-refractivity contribution is 7.90. The van der Waals surface area contributed by atoms with Gasteiger partial charge in [0, 0.05) is 68.8 Å². The summed E-state index contributed by atoms with van der Waals surface area (Å²) in [5, 5.41) is 18.9. The monoisotopic (exact) mass is 875 g/mol. The normalized spacial score (nSPS) is 21.4. The number of fused-ring (bicyclic) bond motifs is 2. The molecule has 0 bridgehead atoms. The lowest BCUT2D eigenvalue weighted by Gasteiger charge is -2.38. The van der Waals surface area contributed by atoms with E-state index in [2.05, 4.69) is 54.7 Å². The number of pyridine rings is 1. The van der Waals surface area contributed by atoms with Crippen LogP contribution < -0.4 is 20.9 Å². The Hall–Kier alpha value is -6.28. The summed E-state index contributed by atoms with van der Waals surface area (Å²) >= 11 is 0. The van der Waals surface area contributed by atoms with Crippen molar-refractivity contribution < 1.29 is 27.6 Å². The van der Waals surface area contributed by atoms with Crippen molar-refractivity contribution in [3.05, 3.63) is 66.2 Å². The molecule has 8 heterocycles. The Bertz CT molecular complexity index is 2760. The Morgan fingerprint density at radius 3 is 2.48 bits per heavy atom. The van der Waals surface area contributed by atoms with Gasteiger partial charge >= 0.3 is 0 Å². The summed E-state index contributed by atoms with van der Waals surface area (Å²) in [6, 6.07) is 8.20. The Balaban J connectivity index is 0.755. The maximum Gasteiger partial charge on any atom is 0.262 e. The molecule has 0 radical (unpaired) electrons. The van der Waals surface area contributed by atoms with Crippen molar-refractivity contribution in [2.24, 2.45) is 5.92 Å². The van der Waals surface area contributed by atoms with Crippen LogP contribution in [0.1, 0.15) is 92.0 Å². The van der Waals surface area contributed by atoms with E-state index in [1.54, 1.807) is 24.4 Å². The molecule has 3 saturated heterocycles. The van der Waals surface area contributed by atoms with Crippen LogP contribution in [-0.4, -0.2) is 126 Å². The number of aromatic nitrogens is 7. The van der Waals surface area contributed by atoms with E-state index in [9.17, 15) is 27.6 Å². The molecule has 328 valence electrons. The average Bonchev–Trinajstić information content (AvgIpc) is 3.82. The fourth-order valence-corrected chi connectivity index (χ4v) is 10.8. The minimum Gasteiger partial charge on any atom is -0.381 e. The van der Waals surface area contributed by atoms with Crippen LogP contribution in [-0.2, 0) is 19.6 Å². The Morgan fingerprint density at radius 2 is 1.70 bits per heavy atom. The number of rotatable bonds is 12. The van der Waals surface area contributed by atoms with Crippen LogP contribution in [0.25, 0.3) is 22.3 Å². The molecule has 1 aromatic carbocycles. The Morgan fingerprint density at radius 1 is 0.889 bits per heavy atom. The molecule has 0 spiro atoms. The van der Waals surface area contributed by atoms with Crippen molar-refractivity contribution in [2.45, 2.75) is 88.6 Å². The van der Waals surface area contributed by atoms with Crippen LogP contribution in [0.4, 0.5) is 23.1 Å². The minimum atomic E-state index is -3.50. The molecule has 10 rings (SSSR count). The van der Waals surface area contributed by atoms with Crippen molar-refractivity contribution in [3.8, 4) is 11.4 Å². The zero-order valence-corrected chi connectivity index (χ0v) is 35.9. The third kappa shape index (κ3) is 7.89. The molecule has 5 aliphatic rings. The molecule has 4 fully saturated rings. The molecule has 1 aliphatic carbocycles. The predicted molar refractivity (Wildman–Crippen MR) is 233 cm³/mol. The van der Waals surface area contributed by atoms with Crippen molar-refractivity contribution >= 4 is 67.7 Å². The van der Waals surface area contributed by atoms with Gasteiger partial charge in [0.05, 0.1) is 45.2 Å². The number of carbonyl (C=O) groups is 4. The number of hydrogen-bond acceptors (Lipinski definition) is 15. The third-order valence-corrected chi connectivity index (χ3v) is 14.8. The van der Waals surface area contributed by atoms with Gasteiger partial charge in [-0.25, -0.2) is 23.4 Å². The van der Waals surface area contributed by atoms with E-state index in [0.717, 1.165) is 89.8 Å². The third-order valence-electron chi connectivity index (χ3n) is 12.7. The second-order valence-electron chi connectivity index (χ2n) is 17.6. The van der Waals surface area contributed by atoms with Gasteiger partial charge in [-0.15, -0.1) is 0 Å². The molecule has 4 aromatic heterocycles. The Kier molecular flexibility index (Phi) is 10.4. The van der Waals surface area contributed by atoms with E-state index < -0.39 is 39.7 Å². The number of carbonyl (C=O) groups excluding carboxylic acids is 4. The van der Waals surface area contributed by atoms with Gasteiger partial charge in [-0.1, -0.05) is 0 Å². The topological polar surface area (TPSA) is 223 Å². The molecule has 20 heteroatoms. The van der Waals surface area contributed by atoms with Gasteiger partial charge in [0.15, 0.2) is 11.6 Å². The smallest absolute Gasteiger partial charge is 0.262 e. The largest absolute Gasteiger partial charge is 0.381 e. The lowest BCUT2D eigenvalue weighted by Crippen LogP contribution is -2.54. The van der Waals surface area contributed by atoms with Crippen LogP contribution >= 0.6 is 0 Å². The number of nitrogens with zero attached hydrogens (tertiary/aromatic N) is 10. The van der Waals surface area contributed by atoms with E-state index in [4.69, 9.17) is 10.1 Å². The molecule has 1 unspecified atom stereocenters. The number of likely N-dealkylation sites (tertiary alicyclic amines) is 1. The van der Waals surface area contributed by atoms with Gasteiger partial charge in [0.2, 0.25) is 11.8 Å². The van der Waals surface area contributed by atoms with Gasteiger partial charge in [-0.05, 0) is 95.5 Å². The van der Waals surface area contributed by atoms with Gasteiger partial charge in [-0.2, -0.15) is 14.3 Å². The summed E-state index contributed by atoms with van der Waals surface area (Å²) < 4.78 is 28.4. The first kappa shape index (κ1) is 40.8. The number of anilines is 4. The molecular formula is C43H49N13O6S. The van der Waals surface area contributed by atoms with Crippen molar-refractivity contribution in [1.82, 2.24) is 49.0 Å². The SMILES string of the molecule is CC(C)n1nc(N2CCC(CN3CCC[C@@H](Nc4ccc5c(c4)C(=O)N(C4CCC(=O)NC4=O)C5=O)C3)CC2)c2cnc(Nc3ccnc(-c4cnn(S(=O)(=O)C5CC5)c4)n3)cc21. The van der Waals surface area contributed by atoms with Crippen LogP contribution in [0.5, 0.6) is 0 Å². The van der Waals surface area contributed by atoms with E-state index in [0.29, 0.717) is 41.8 Å². The summed E-state index contributed by atoms with van der Waals surface area (Å²) in [5.74, 6) is 0.886. The molecular weight excluding hydrogens is 827 g/mol. The minimum absolute atomic E-state index is 0.0814. The number of nitrogens with one attached hydrogen (secondary N) is 3. The van der Waals surface area contributed by atoms with Crippen molar-refractivity contribution in [3.63, 3.8) is 0 Å². The molecule has 5 aromatic rings. The number of imide groups is 2. The average molecular weight is 876 g/mol. The molecule has 2 atom stereocenters. The Labute approximate surface area is 363 Å². The van der Waals surface area contributed by atoms with Crippen LogP contribution in [0.3, 0.4) is 0 Å². The lowest BCUT2D eigenvalue weighted by molar-refractivity contribution is -0.136. The number of hydrogen-bond donors (Lipinski definition) is 3. The highest BCUT2D eigenvalue weighted by atomic mass is 32.2. The van der Waals surface area contributed by atoms with Gasteiger partial charge in [-0.3, -0.25) is 34.1 Å². The molecule has 63 heavy (non-hydrogen) atoms. The quantitative estimate of drug-likeness (QED) is 0.151. The maximum atomic E-state index is 13.4. The molecule has 3 N–H and O–H groups in total. The second-order valence-corrected chi connectivity index (χ2v) is 19.6. The van der Waals surface area contributed by atoms with Gasteiger partial charge in [0.1, 0.15) is 17.7 Å². The summed E-state index contributed by atoms with van der Waals surface area (Å²) in [5.41, 5.74) is 2.77. The highest BCUT2D eigenvalue weighted by Crippen LogP contribution is 2.35. The zero-order chi connectivity index (χ0) is 43.6. The standard InChI is InChI=1S/C43H49N13O6S/c1-25(2)56-35-19-37(48-36-11-14-44-39(49-36)27-20-46-54(23-27)63(61,62)30-6-7-30)45-21-33(35)40(51-56)53-16-12-26(13-17-53)22-52-15-3-4-29(24-52)47-28-5-8-31-32(18-28)43(60)55(42(31)59)34-9-10-38(57)50-41(34)58/h5,8,11,14,18-21,23,25-26,29-30,34,47H,3-4,6-7,9-10,12-13,15-17,22,24H2,1-2H3,(H,50,57,58)(H,44,45,48,49)/t29-,34?/m1/s1. The van der Waals surface area contributed by atoms with Gasteiger partial charge < -0.3 is 20.4 Å². The van der Waals surface area contributed by atoms with Crippen molar-refractivity contribution in [2.75, 3.05) is 48.3 Å². The summed E-state index contributed by atoms with van der Waals surface area (Å²) in [6.07, 6.45) is 12.0. The van der Waals surface area contributed by atoms with E-state index in [1.807, 2.05) is 23.0 Å². The molecule has 4 amide bonds.